The van der Waals surface area contributed by atoms with Crippen molar-refractivity contribution in [1.29, 1.82) is 0 Å². The molecule has 3 N–H and O–H groups in total. The first-order chi connectivity index (χ1) is 12.1. The molecule has 6 nitrogen and oxygen atoms in total. The highest BCUT2D eigenvalue weighted by Gasteiger charge is 2.31. The van der Waals surface area contributed by atoms with Gasteiger partial charge in [-0.25, -0.2) is 0 Å². The Labute approximate surface area is 152 Å². The number of rotatable bonds is 2. The predicted octanol–water partition coefficient (Wildman–Crippen LogP) is 0.704. The molecule has 132 valence electrons. The Morgan fingerprint density at radius 3 is 2.64 bits per heavy atom. The molecule has 1 atom stereocenters. The second-order valence-electron chi connectivity index (χ2n) is 5.77. The lowest BCUT2D eigenvalue weighted by Crippen LogP contribution is -2.87. The topological polar surface area (TPSA) is 90.1 Å². The van der Waals surface area contributed by atoms with Crippen LogP contribution in [-0.4, -0.2) is 47.9 Å². The number of quaternary nitrogens is 1. The van der Waals surface area contributed by atoms with Crippen molar-refractivity contribution >= 4 is 28.9 Å². The van der Waals surface area contributed by atoms with E-state index in [1.54, 1.807) is 25.4 Å². The van der Waals surface area contributed by atoms with E-state index in [0.29, 0.717) is 21.8 Å². The third-order valence-electron chi connectivity index (χ3n) is 3.98. The minimum Gasteiger partial charge on any atom is -0.763 e. The molecule has 0 radical (unpaired) electrons. The Balaban J connectivity index is 0.000000316. The van der Waals surface area contributed by atoms with E-state index in [9.17, 15) is 10.2 Å². The lowest BCUT2D eigenvalue weighted by molar-refractivity contribution is -0.670. The van der Waals surface area contributed by atoms with Gasteiger partial charge in [-0.2, -0.15) is 0 Å². The van der Waals surface area contributed by atoms with E-state index in [0.717, 1.165) is 31.9 Å². The minimum absolute atomic E-state index is 0.0749. The van der Waals surface area contributed by atoms with Crippen LogP contribution < -0.4 is 10.6 Å². The molecule has 3 rings (SSSR count). The summed E-state index contributed by atoms with van der Waals surface area (Å²) in [5.41, 5.74) is 2.45. The summed E-state index contributed by atoms with van der Waals surface area (Å²) >= 11 is 5.18. The first kappa shape index (κ1) is 19.1. The fraction of sp³-hybridized carbons (Fsp3) is 0.389. The number of aromatic nitrogens is 1. The number of nitrogens with one attached hydrogen (secondary N) is 1. The summed E-state index contributed by atoms with van der Waals surface area (Å²) in [6.45, 7) is 7.48. The van der Waals surface area contributed by atoms with E-state index in [2.05, 4.69) is 21.5 Å². The van der Waals surface area contributed by atoms with Crippen LogP contribution in [0.2, 0.25) is 0 Å². The molecule has 1 unspecified atom stereocenters. The third-order valence-corrected chi connectivity index (χ3v) is 4.30. The van der Waals surface area contributed by atoms with Crippen LogP contribution in [0.5, 0.6) is 0 Å². The van der Waals surface area contributed by atoms with E-state index in [1.165, 1.54) is 6.92 Å². The van der Waals surface area contributed by atoms with Crippen LogP contribution in [0.3, 0.4) is 0 Å². The zero-order chi connectivity index (χ0) is 18.2. The van der Waals surface area contributed by atoms with Gasteiger partial charge in [0.1, 0.15) is 4.99 Å². The molecule has 3 heterocycles. The van der Waals surface area contributed by atoms with Crippen molar-refractivity contribution in [3.63, 3.8) is 0 Å². The van der Waals surface area contributed by atoms with Gasteiger partial charge in [-0.1, -0.05) is 18.3 Å². The summed E-state index contributed by atoms with van der Waals surface area (Å²) in [7, 11) is 0. The van der Waals surface area contributed by atoms with Gasteiger partial charge in [0.25, 0.3) is 0 Å². The van der Waals surface area contributed by atoms with E-state index < -0.39 is 5.92 Å². The summed E-state index contributed by atoms with van der Waals surface area (Å²) in [4.78, 5) is 16.3. The van der Waals surface area contributed by atoms with Crippen LogP contribution in [-0.2, 0) is 9.53 Å². The van der Waals surface area contributed by atoms with E-state index >= 15 is 0 Å². The molecule has 0 saturated carbocycles. The Morgan fingerprint density at radius 2 is 2.20 bits per heavy atom. The number of thiocarbonyl (C=S) groups is 1. The lowest BCUT2D eigenvalue weighted by Gasteiger charge is -2.30. The fourth-order valence-corrected chi connectivity index (χ4v) is 3.16. The molecule has 2 aliphatic heterocycles. The van der Waals surface area contributed by atoms with Crippen molar-refractivity contribution < 1.29 is 14.8 Å². The van der Waals surface area contributed by atoms with Gasteiger partial charge in [0.2, 0.25) is 0 Å². The van der Waals surface area contributed by atoms with Gasteiger partial charge < -0.3 is 20.8 Å². The maximum absolute atomic E-state index is 11.9. The zero-order valence-corrected chi connectivity index (χ0v) is 15.2. The number of hydrogen-bond donors (Lipinski definition) is 2. The second kappa shape index (κ2) is 9.34. The number of allylic oxidation sites excluding steroid dienone is 2. The summed E-state index contributed by atoms with van der Waals surface area (Å²) < 4.78 is 5.04. The van der Waals surface area contributed by atoms with Crippen molar-refractivity contribution in [2.24, 2.45) is 0 Å². The number of morpholine rings is 1. The van der Waals surface area contributed by atoms with Crippen LogP contribution >= 0.6 is 12.2 Å². The largest absolute Gasteiger partial charge is 0.763 e. The molecule has 1 fully saturated rings. The van der Waals surface area contributed by atoms with E-state index in [4.69, 9.17) is 17.0 Å². The molecule has 1 aromatic heterocycles. The van der Waals surface area contributed by atoms with Gasteiger partial charge >= 0.3 is 0 Å². The molecule has 0 aromatic carbocycles. The summed E-state index contributed by atoms with van der Waals surface area (Å²) in [5, 5.41) is 14.5. The predicted molar refractivity (Wildman–Crippen MR) is 100 cm³/mol. The first-order valence-electron chi connectivity index (χ1n) is 8.15. The van der Waals surface area contributed by atoms with Crippen molar-refractivity contribution in [1.82, 2.24) is 10.3 Å². The number of nitrogens with two attached hydrogens (primary N) is 1. The standard InChI is InChI=1S/C14H12N3OS.C4H9NO/c1-8-12(9(2)18)13(10-4-3-5-16-7-10)11(6-15)14(19)17-8;1-3-6-4-2-5-1/h3-5,7,13H,1-2H3,(H,17,19);5H,1-4H2/q-1;/p+1. The van der Waals surface area contributed by atoms with Gasteiger partial charge in [0.05, 0.1) is 26.3 Å². The van der Waals surface area contributed by atoms with Crippen molar-refractivity contribution in [2.45, 2.75) is 19.8 Å². The first-order valence-corrected chi connectivity index (χ1v) is 8.56. The quantitative estimate of drug-likeness (QED) is 0.462. The van der Waals surface area contributed by atoms with Crippen molar-refractivity contribution in [3.8, 4) is 0 Å². The summed E-state index contributed by atoms with van der Waals surface area (Å²) in [5.74, 6) is 1.61. The number of carbonyl (C=O) groups is 1. The minimum atomic E-state index is -0.426. The molecule has 1 aromatic rings. The number of pyridine rings is 1. The maximum Gasteiger partial charge on any atom is 0.158 e. The van der Waals surface area contributed by atoms with Crippen molar-refractivity contribution in [3.05, 3.63) is 52.3 Å². The van der Waals surface area contributed by atoms with E-state index in [-0.39, 0.29) is 5.78 Å². The molecule has 0 amide bonds. The molecule has 0 spiro atoms. The smallest absolute Gasteiger partial charge is 0.158 e. The molecule has 0 aliphatic carbocycles. The average Bonchev–Trinajstić information content (AvgIpc) is 2.63. The number of ether oxygens (including phenoxy) is 1. The van der Waals surface area contributed by atoms with E-state index in [1.807, 2.05) is 6.07 Å². The van der Waals surface area contributed by atoms with Gasteiger partial charge in [0, 0.05) is 35.2 Å². The molecular weight excluding hydrogens is 336 g/mol. The second-order valence-corrected chi connectivity index (χ2v) is 6.18. The highest BCUT2D eigenvalue weighted by Crippen LogP contribution is 2.35. The SMILES string of the molecule is C1COCC[NH2+]1.CC(=O)C1=C(C)NC(=S)C(=C=[N-])C1c1cccnc1. The lowest BCUT2D eigenvalue weighted by atomic mass is 9.81. The van der Waals surface area contributed by atoms with Crippen LogP contribution in [0.25, 0.3) is 5.41 Å². The number of nitrogens with zero attached hydrogens (tertiary/aromatic N) is 2. The number of ketones is 1. The number of hydrogen-bond acceptors (Lipinski definition) is 4. The summed E-state index contributed by atoms with van der Waals surface area (Å²) in [6, 6.07) is 3.63. The van der Waals surface area contributed by atoms with Crippen molar-refractivity contribution in [2.75, 3.05) is 26.3 Å². The van der Waals surface area contributed by atoms with Crippen LogP contribution in [0.4, 0.5) is 0 Å². The highest BCUT2D eigenvalue weighted by atomic mass is 32.1. The Bertz CT molecular complexity index is 708. The third kappa shape index (κ3) is 4.90. The van der Waals surface area contributed by atoms with Gasteiger partial charge in [-0.05, 0) is 25.5 Å². The summed E-state index contributed by atoms with van der Waals surface area (Å²) in [6.07, 6.45) is 3.31. The van der Waals surface area contributed by atoms with Crippen LogP contribution in [0.1, 0.15) is 25.3 Å². The fourth-order valence-electron chi connectivity index (χ4n) is 2.84. The average molecular weight is 358 g/mol. The molecule has 25 heavy (non-hydrogen) atoms. The monoisotopic (exact) mass is 358 g/mol. The number of carbonyl (C=O) groups excluding carboxylic acids is 1. The Morgan fingerprint density at radius 1 is 1.48 bits per heavy atom. The normalized spacial score (nSPS) is 20.2. The highest BCUT2D eigenvalue weighted by molar-refractivity contribution is 7.80. The molecule has 0 bridgehead atoms. The molecule has 7 heteroatoms. The van der Waals surface area contributed by atoms with Gasteiger partial charge in [-0.3, -0.25) is 15.6 Å². The van der Waals surface area contributed by atoms with Gasteiger partial charge in [0.15, 0.2) is 5.78 Å². The molecular formula is C18H22N4O2S. The van der Waals surface area contributed by atoms with Crippen LogP contribution in [0, 0.1) is 0 Å². The number of Topliss-reactive ketones (excluding diaryl/α,β-unsaturated/α-hetero) is 1. The van der Waals surface area contributed by atoms with Gasteiger partial charge in [-0.15, -0.1) is 0 Å². The molecule has 1 saturated heterocycles. The maximum atomic E-state index is 11.9. The van der Waals surface area contributed by atoms with Crippen LogP contribution in [0.15, 0.2) is 41.4 Å². The molecule has 2 aliphatic rings. The Hall–Kier alpha value is -2.18. The Kier molecular flexibility index (Phi) is 7.16. The zero-order valence-electron chi connectivity index (χ0n) is 14.4.